The molecule has 1 amide bonds. The smallest absolute Gasteiger partial charge is 0.295 e. The maximum atomic E-state index is 13.3. The van der Waals surface area contributed by atoms with E-state index in [0.717, 1.165) is 16.7 Å². The van der Waals surface area contributed by atoms with Crippen molar-refractivity contribution in [2.75, 3.05) is 7.11 Å². The van der Waals surface area contributed by atoms with Gasteiger partial charge in [-0.05, 0) is 66.1 Å². The summed E-state index contributed by atoms with van der Waals surface area (Å²) in [6, 6.07) is 24.8. The van der Waals surface area contributed by atoms with E-state index in [-0.39, 0.29) is 17.9 Å². The highest BCUT2D eigenvalue weighted by Crippen LogP contribution is 2.41. The molecule has 3 aromatic carbocycles. The molecule has 196 valence electrons. The van der Waals surface area contributed by atoms with Crippen LogP contribution in [0.3, 0.4) is 0 Å². The third-order valence-electron chi connectivity index (χ3n) is 6.64. The second-order valence-electron chi connectivity index (χ2n) is 9.37. The number of ketones is 1. The molecule has 0 spiro atoms. The number of carbonyl (C=O) groups is 2. The summed E-state index contributed by atoms with van der Waals surface area (Å²) < 4.78 is 11.3. The molecule has 1 aliphatic rings. The lowest BCUT2D eigenvalue weighted by atomic mass is 9.95. The molecule has 1 aromatic heterocycles. The second kappa shape index (κ2) is 11.2. The van der Waals surface area contributed by atoms with Crippen LogP contribution in [0.1, 0.15) is 33.9 Å². The zero-order valence-electron chi connectivity index (χ0n) is 21.7. The summed E-state index contributed by atoms with van der Waals surface area (Å²) >= 11 is 0. The van der Waals surface area contributed by atoms with Gasteiger partial charge in [-0.3, -0.25) is 14.6 Å². The van der Waals surface area contributed by atoms with E-state index in [2.05, 4.69) is 11.1 Å². The number of hydrogen-bond acceptors (Lipinski definition) is 6. The first-order chi connectivity index (χ1) is 18.9. The van der Waals surface area contributed by atoms with Gasteiger partial charge in [0.25, 0.3) is 11.7 Å². The number of ether oxygens (including phenoxy) is 2. The predicted octanol–water partition coefficient (Wildman–Crippen LogP) is 5.60. The van der Waals surface area contributed by atoms with Crippen molar-refractivity contribution < 1.29 is 24.2 Å². The third-order valence-corrected chi connectivity index (χ3v) is 6.64. The largest absolute Gasteiger partial charge is 0.507 e. The molecule has 0 aliphatic carbocycles. The van der Waals surface area contributed by atoms with Crippen LogP contribution < -0.4 is 9.47 Å². The van der Waals surface area contributed by atoms with Gasteiger partial charge >= 0.3 is 0 Å². The number of hydrogen-bond donors (Lipinski definition) is 1. The van der Waals surface area contributed by atoms with E-state index in [4.69, 9.17) is 9.47 Å². The minimum Gasteiger partial charge on any atom is -0.507 e. The molecule has 5 rings (SSSR count). The molecule has 2 heterocycles. The highest BCUT2D eigenvalue weighted by atomic mass is 16.5. The second-order valence-corrected chi connectivity index (χ2v) is 9.37. The molecule has 1 N–H and O–H groups in total. The van der Waals surface area contributed by atoms with Gasteiger partial charge in [-0.25, -0.2) is 0 Å². The van der Waals surface area contributed by atoms with Crippen molar-refractivity contribution in [2.45, 2.75) is 26.1 Å². The summed E-state index contributed by atoms with van der Waals surface area (Å²) in [5.74, 6) is -0.487. The minimum atomic E-state index is -0.808. The fraction of sp³-hybridized carbons (Fsp3) is 0.156. The molecule has 0 saturated carbocycles. The number of likely N-dealkylation sites (tertiary alicyclic amines) is 1. The molecule has 4 aromatic rings. The molecule has 1 atom stereocenters. The van der Waals surface area contributed by atoms with Crippen molar-refractivity contribution in [1.82, 2.24) is 9.88 Å². The van der Waals surface area contributed by atoms with Crippen LogP contribution >= 0.6 is 0 Å². The number of rotatable bonds is 8. The zero-order valence-corrected chi connectivity index (χ0v) is 21.7. The molecule has 0 radical (unpaired) electrons. The standard InChI is InChI=1S/C32H28N2O5/c1-21-6-3-7-22(16-21)20-39-26-13-11-24(12-14-26)30(35)28-29(25-9-4-10-27(17-25)38-2)34(32(37)31(28)36)19-23-8-5-15-33-18-23/h3-18,29,35H,19-20H2,1-2H3/b30-28+. The Morgan fingerprint density at radius 1 is 0.923 bits per heavy atom. The van der Waals surface area contributed by atoms with Gasteiger partial charge in [-0.2, -0.15) is 0 Å². The lowest BCUT2D eigenvalue weighted by Gasteiger charge is -2.25. The van der Waals surface area contributed by atoms with Crippen LogP contribution in [-0.4, -0.2) is 33.8 Å². The van der Waals surface area contributed by atoms with Gasteiger partial charge in [0.2, 0.25) is 0 Å². The van der Waals surface area contributed by atoms with E-state index in [1.165, 1.54) is 4.90 Å². The van der Waals surface area contributed by atoms with Crippen LogP contribution in [0.25, 0.3) is 5.76 Å². The van der Waals surface area contributed by atoms with Crippen LogP contribution in [-0.2, 0) is 22.7 Å². The number of aryl methyl sites for hydroxylation is 1. The van der Waals surface area contributed by atoms with Crippen LogP contribution in [0.15, 0.2) is 103 Å². The van der Waals surface area contributed by atoms with E-state index in [1.807, 2.05) is 37.3 Å². The first-order valence-corrected chi connectivity index (χ1v) is 12.5. The summed E-state index contributed by atoms with van der Waals surface area (Å²) in [7, 11) is 1.55. The van der Waals surface area contributed by atoms with Crippen molar-refractivity contribution in [2.24, 2.45) is 0 Å². The van der Waals surface area contributed by atoms with Crippen molar-refractivity contribution in [3.8, 4) is 11.5 Å². The lowest BCUT2D eigenvalue weighted by molar-refractivity contribution is -0.140. The molecule has 1 fully saturated rings. The van der Waals surface area contributed by atoms with Gasteiger partial charge in [0.05, 0.1) is 18.7 Å². The summed E-state index contributed by atoms with van der Waals surface area (Å²) in [5.41, 5.74) is 4.05. The lowest BCUT2D eigenvalue weighted by Crippen LogP contribution is -2.29. The monoisotopic (exact) mass is 520 g/mol. The SMILES string of the molecule is COc1cccc(C2/C(=C(\O)c3ccc(OCc4cccc(C)c4)cc3)C(=O)C(=O)N2Cc2cccnc2)c1. The van der Waals surface area contributed by atoms with Crippen LogP contribution in [0.2, 0.25) is 0 Å². The van der Waals surface area contributed by atoms with Crippen LogP contribution in [0.4, 0.5) is 0 Å². The average Bonchev–Trinajstić information content (AvgIpc) is 3.21. The first kappa shape index (κ1) is 25.7. The maximum absolute atomic E-state index is 13.3. The van der Waals surface area contributed by atoms with Crippen molar-refractivity contribution in [3.63, 3.8) is 0 Å². The molecule has 7 heteroatoms. The molecule has 0 bridgehead atoms. The molecule has 7 nitrogen and oxygen atoms in total. The molecule has 1 saturated heterocycles. The summed E-state index contributed by atoms with van der Waals surface area (Å²) in [6.07, 6.45) is 3.29. The summed E-state index contributed by atoms with van der Waals surface area (Å²) in [6.45, 7) is 2.59. The Balaban J connectivity index is 1.48. The number of aliphatic hydroxyl groups excluding tert-OH is 1. The van der Waals surface area contributed by atoms with E-state index < -0.39 is 17.7 Å². The highest BCUT2D eigenvalue weighted by molar-refractivity contribution is 6.46. The minimum absolute atomic E-state index is 0.0190. The van der Waals surface area contributed by atoms with Gasteiger partial charge in [0.1, 0.15) is 23.9 Å². The first-order valence-electron chi connectivity index (χ1n) is 12.5. The number of amides is 1. The third kappa shape index (κ3) is 5.52. The predicted molar refractivity (Wildman–Crippen MR) is 147 cm³/mol. The Morgan fingerprint density at radius 2 is 1.69 bits per heavy atom. The highest BCUT2D eigenvalue weighted by Gasteiger charge is 2.46. The van der Waals surface area contributed by atoms with E-state index in [0.29, 0.717) is 29.2 Å². The number of pyridine rings is 1. The Hall–Kier alpha value is -4.91. The Labute approximate surface area is 227 Å². The number of carbonyl (C=O) groups excluding carboxylic acids is 2. The van der Waals surface area contributed by atoms with Gasteiger partial charge in [0.15, 0.2) is 0 Å². The average molecular weight is 521 g/mol. The van der Waals surface area contributed by atoms with Gasteiger partial charge in [0, 0.05) is 24.5 Å². The Bertz CT molecular complexity index is 1530. The fourth-order valence-electron chi connectivity index (χ4n) is 4.72. The van der Waals surface area contributed by atoms with Gasteiger partial charge in [-0.15, -0.1) is 0 Å². The van der Waals surface area contributed by atoms with Crippen LogP contribution in [0, 0.1) is 6.92 Å². The molecule has 39 heavy (non-hydrogen) atoms. The quantitative estimate of drug-likeness (QED) is 0.185. The Morgan fingerprint density at radius 3 is 2.41 bits per heavy atom. The summed E-state index contributed by atoms with van der Waals surface area (Å²) in [4.78, 5) is 32.2. The maximum Gasteiger partial charge on any atom is 0.295 e. The number of Topliss-reactive ketones (excluding diaryl/α,β-unsaturated/α-hetero) is 1. The molecule has 1 unspecified atom stereocenters. The summed E-state index contributed by atoms with van der Waals surface area (Å²) in [5, 5.41) is 11.4. The topological polar surface area (TPSA) is 89.0 Å². The molecular weight excluding hydrogens is 492 g/mol. The molecule has 1 aliphatic heterocycles. The van der Waals surface area contributed by atoms with Crippen LogP contribution in [0.5, 0.6) is 11.5 Å². The number of nitrogens with zero attached hydrogens (tertiary/aromatic N) is 2. The number of aliphatic hydroxyl groups is 1. The van der Waals surface area contributed by atoms with Gasteiger partial charge < -0.3 is 19.5 Å². The normalized spacial score (nSPS) is 16.4. The number of benzene rings is 3. The number of methoxy groups -OCH3 is 1. The molecular formula is C32H28N2O5. The van der Waals surface area contributed by atoms with Gasteiger partial charge in [-0.1, -0.05) is 48.0 Å². The number of aromatic nitrogens is 1. The van der Waals surface area contributed by atoms with Crippen molar-refractivity contribution in [3.05, 3.63) is 131 Å². The van der Waals surface area contributed by atoms with Crippen molar-refractivity contribution >= 4 is 17.4 Å². The van der Waals surface area contributed by atoms with E-state index >= 15 is 0 Å². The van der Waals surface area contributed by atoms with E-state index in [9.17, 15) is 14.7 Å². The van der Waals surface area contributed by atoms with E-state index in [1.54, 1.807) is 68.0 Å². The zero-order chi connectivity index (χ0) is 27.4. The Kier molecular flexibility index (Phi) is 7.41. The fourth-order valence-corrected chi connectivity index (χ4v) is 4.72. The van der Waals surface area contributed by atoms with Crippen molar-refractivity contribution in [1.29, 1.82) is 0 Å².